The number of aryl methyl sites for hydroxylation is 1. The van der Waals surface area contributed by atoms with Gasteiger partial charge in [-0.2, -0.15) is 0 Å². The third-order valence-electron chi connectivity index (χ3n) is 5.01. The Hall–Kier alpha value is -1.80. The van der Waals surface area contributed by atoms with Gasteiger partial charge in [-0.15, -0.1) is 0 Å². The van der Waals surface area contributed by atoms with E-state index in [0.29, 0.717) is 12.1 Å². The van der Waals surface area contributed by atoms with Crippen LogP contribution in [-0.4, -0.2) is 12.1 Å². The van der Waals surface area contributed by atoms with E-state index < -0.39 is 0 Å². The molecule has 2 unspecified atom stereocenters. The van der Waals surface area contributed by atoms with Crippen LogP contribution in [0.4, 0.5) is 0 Å². The van der Waals surface area contributed by atoms with Gasteiger partial charge in [-0.1, -0.05) is 48.4 Å². The normalized spacial score (nSPS) is 23.9. The van der Waals surface area contributed by atoms with Crippen molar-refractivity contribution in [1.82, 2.24) is 5.32 Å². The van der Waals surface area contributed by atoms with Crippen LogP contribution >= 0.6 is 0 Å². The molecule has 2 aliphatic carbocycles. The zero-order valence-corrected chi connectivity index (χ0v) is 13.1. The predicted molar refractivity (Wildman–Crippen MR) is 89.3 cm³/mol. The molecular weight excluding hydrogens is 270 g/mol. The van der Waals surface area contributed by atoms with Crippen molar-refractivity contribution in [2.45, 2.75) is 50.8 Å². The van der Waals surface area contributed by atoms with Crippen LogP contribution in [0.1, 0.15) is 42.1 Å². The zero-order chi connectivity index (χ0) is 14.9. The van der Waals surface area contributed by atoms with Crippen molar-refractivity contribution < 1.29 is 4.74 Å². The summed E-state index contributed by atoms with van der Waals surface area (Å²) in [6, 6.07) is 18.2. The molecule has 114 valence electrons. The first-order chi connectivity index (χ1) is 10.8. The van der Waals surface area contributed by atoms with E-state index >= 15 is 0 Å². The van der Waals surface area contributed by atoms with Crippen LogP contribution in [0.2, 0.25) is 0 Å². The third-order valence-corrected chi connectivity index (χ3v) is 5.01. The SMILES string of the molecule is Cc1ccc(OC2c3ccccc3CC2NC2CCC2)cc1. The van der Waals surface area contributed by atoms with Crippen LogP contribution in [-0.2, 0) is 6.42 Å². The summed E-state index contributed by atoms with van der Waals surface area (Å²) in [5, 5.41) is 3.82. The highest BCUT2D eigenvalue weighted by Gasteiger charge is 2.36. The van der Waals surface area contributed by atoms with Gasteiger partial charge in [-0.25, -0.2) is 0 Å². The van der Waals surface area contributed by atoms with Crippen molar-refractivity contribution >= 4 is 0 Å². The van der Waals surface area contributed by atoms with Crippen molar-refractivity contribution in [3.05, 3.63) is 65.2 Å². The Kier molecular flexibility index (Phi) is 3.63. The van der Waals surface area contributed by atoms with Crippen LogP contribution in [0.25, 0.3) is 0 Å². The van der Waals surface area contributed by atoms with E-state index in [1.54, 1.807) is 0 Å². The molecule has 1 saturated carbocycles. The maximum absolute atomic E-state index is 6.38. The Bertz CT molecular complexity index is 645. The monoisotopic (exact) mass is 293 g/mol. The summed E-state index contributed by atoms with van der Waals surface area (Å²) < 4.78 is 6.38. The molecule has 2 aromatic carbocycles. The molecule has 0 saturated heterocycles. The van der Waals surface area contributed by atoms with Crippen molar-refractivity contribution in [3.8, 4) is 5.75 Å². The average Bonchev–Trinajstić information content (AvgIpc) is 2.83. The number of hydrogen-bond donors (Lipinski definition) is 1. The summed E-state index contributed by atoms with van der Waals surface area (Å²) in [7, 11) is 0. The molecule has 2 nitrogen and oxygen atoms in total. The number of fused-ring (bicyclic) bond motifs is 1. The summed E-state index contributed by atoms with van der Waals surface area (Å²) in [6.45, 7) is 2.11. The lowest BCUT2D eigenvalue weighted by Crippen LogP contribution is -2.45. The Balaban J connectivity index is 1.58. The predicted octanol–water partition coefficient (Wildman–Crippen LogP) is 4.18. The topological polar surface area (TPSA) is 21.3 Å². The molecule has 0 amide bonds. The summed E-state index contributed by atoms with van der Waals surface area (Å²) >= 11 is 0. The molecule has 2 aromatic rings. The van der Waals surface area contributed by atoms with E-state index in [1.807, 2.05) is 0 Å². The lowest BCUT2D eigenvalue weighted by Gasteiger charge is -2.32. The standard InChI is InChI=1S/C20H23NO/c1-14-9-11-17(12-10-14)22-20-18-8-3-2-5-15(18)13-19(20)21-16-6-4-7-16/h2-3,5,8-12,16,19-21H,4,6-7,13H2,1H3. The lowest BCUT2D eigenvalue weighted by atomic mass is 9.92. The maximum Gasteiger partial charge on any atom is 0.140 e. The molecule has 2 heteroatoms. The zero-order valence-electron chi connectivity index (χ0n) is 13.1. The molecule has 0 aliphatic heterocycles. The summed E-state index contributed by atoms with van der Waals surface area (Å²) in [5.74, 6) is 0.965. The fourth-order valence-corrected chi connectivity index (χ4v) is 3.49. The minimum absolute atomic E-state index is 0.125. The van der Waals surface area contributed by atoms with Crippen LogP contribution in [0.5, 0.6) is 5.75 Å². The molecule has 0 radical (unpaired) electrons. The highest BCUT2D eigenvalue weighted by molar-refractivity contribution is 5.38. The highest BCUT2D eigenvalue weighted by Crippen LogP contribution is 2.36. The second-order valence-electron chi connectivity index (χ2n) is 6.66. The van der Waals surface area contributed by atoms with Crippen LogP contribution in [0.3, 0.4) is 0 Å². The van der Waals surface area contributed by atoms with Gasteiger partial charge in [0, 0.05) is 6.04 Å². The molecule has 0 aromatic heterocycles. The molecule has 4 rings (SSSR count). The number of nitrogens with one attached hydrogen (secondary N) is 1. The second kappa shape index (κ2) is 5.77. The molecule has 1 fully saturated rings. The second-order valence-corrected chi connectivity index (χ2v) is 6.66. The largest absolute Gasteiger partial charge is 0.484 e. The summed E-state index contributed by atoms with van der Waals surface area (Å²) in [4.78, 5) is 0. The van der Waals surface area contributed by atoms with E-state index in [2.05, 4.69) is 60.8 Å². The van der Waals surface area contributed by atoms with Crippen molar-refractivity contribution in [2.75, 3.05) is 0 Å². The third kappa shape index (κ3) is 2.64. The van der Waals surface area contributed by atoms with Crippen molar-refractivity contribution in [3.63, 3.8) is 0 Å². The van der Waals surface area contributed by atoms with Gasteiger partial charge in [-0.3, -0.25) is 0 Å². The van der Waals surface area contributed by atoms with Crippen LogP contribution < -0.4 is 10.1 Å². The Morgan fingerprint density at radius 1 is 1.00 bits per heavy atom. The molecule has 22 heavy (non-hydrogen) atoms. The number of rotatable bonds is 4. The Morgan fingerprint density at radius 3 is 2.50 bits per heavy atom. The highest BCUT2D eigenvalue weighted by atomic mass is 16.5. The van der Waals surface area contributed by atoms with Gasteiger partial charge in [0.25, 0.3) is 0 Å². The van der Waals surface area contributed by atoms with E-state index in [4.69, 9.17) is 4.74 Å². The number of hydrogen-bond acceptors (Lipinski definition) is 2. The number of benzene rings is 2. The quantitative estimate of drug-likeness (QED) is 0.913. The van der Waals surface area contributed by atoms with Crippen LogP contribution in [0.15, 0.2) is 48.5 Å². The average molecular weight is 293 g/mol. The van der Waals surface area contributed by atoms with Gasteiger partial charge in [0.2, 0.25) is 0 Å². The molecule has 0 heterocycles. The molecular formula is C20H23NO. The fraction of sp³-hybridized carbons (Fsp3) is 0.400. The first-order valence-electron chi connectivity index (χ1n) is 8.37. The molecule has 1 N–H and O–H groups in total. The summed E-state index contributed by atoms with van der Waals surface area (Å²) in [6.07, 6.45) is 5.18. The van der Waals surface area contributed by atoms with Crippen molar-refractivity contribution in [2.24, 2.45) is 0 Å². The van der Waals surface area contributed by atoms with Gasteiger partial charge in [0.1, 0.15) is 11.9 Å². The Morgan fingerprint density at radius 2 is 1.77 bits per heavy atom. The van der Waals surface area contributed by atoms with E-state index in [1.165, 1.54) is 36.0 Å². The van der Waals surface area contributed by atoms with Gasteiger partial charge < -0.3 is 10.1 Å². The van der Waals surface area contributed by atoms with E-state index in [0.717, 1.165) is 12.2 Å². The first kappa shape index (κ1) is 13.8. The minimum Gasteiger partial charge on any atom is -0.484 e. The van der Waals surface area contributed by atoms with Gasteiger partial charge in [-0.05, 0) is 49.4 Å². The van der Waals surface area contributed by atoms with Gasteiger partial charge >= 0.3 is 0 Å². The van der Waals surface area contributed by atoms with Gasteiger partial charge in [0.05, 0.1) is 6.04 Å². The minimum atomic E-state index is 0.125. The lowest BCUT2D eigenvalue weighted by molar-refractivity contribution is 0.147. The fourth-order valence-electron chi connectivity index (χ4n) is 3.49. The van der Waals surface area contributed by atoms with Crippen LogP contribution in [0, 0.1) is 6.92 Å². The van der Waals surface area contributed by atoms with E-state index in [-0.39, 0.29) is 6.10 Å². The first-order valence-corrected chi connectivity index (χ1v) is 8.37. The molecule has 2 atom stereocenters. The maximum atomic E-state index is 6.38. The van der Waals surface area contributed by atoms with Crippen molar-refractivity contribution in [1.29, 1.82) is 0 Å². The number of ether oxygens (including phenoxy) is 1. The summed E-state index contributed by atoms with van der Waals surface area (Å²) in [5.41, 5.74) is 4.04. The molecule has 0 spiro atoms. The van der Waals surface area contributed by atoms with E-state index in [9.17, 15) is 0 Å². The molecule has 0 bridgehead atoms. The Labute approximate surface area is 132 Å². The molecule has 2 aliphatic rings. The smallest absolute Gasteiger partial charge is 0.140 e. The van der Waals surface area contributed by atoms with Gasteiger partial charge in [0.15, 0.2) is 0 Å².